The highest BCUT2D eigenvalue weighted by Crippen LogP contribution is 2.34. The van der Waals surface area contributed by atoms with Crippen LogP contribution < -0.4 is 4.90 Å². The van der Waals surface area contributed by atoms with Crippen molar-refractivity contribution in [1.82, 2.24) is 29.7 Å². The van der Waals surface area contributed by atoms with Gasteiger partial charge in [0.25, 0.3) is 0 Å². The van der Waals surface area contributed by atoms with Crippen LogP contribution in [-0.2, 0) is 13.1 Å². The molecule has 2 aromatic rings. The van der Waals surface area contributed by atoms with E-state index in [9.17, 15) is 0 Å². The maximum atomic E-state index is 4.82. The van der Waals surface area contributed by atoms with E-state index in [1.165, 1.54) is 17.7 Å². The predicted molar refractivity (Wildman–Crippen MR) is 103 cm³/mol. The lowest BCUT2D eigenvalue weighted by Gasteiger charge is -2.26. The Labute approximate surface area is 156 Å². The molecule has 0 aromatic carbocycles. The minimum atomic E-state index is 0.333. The Hall–Kier alpha value is -2.12. The van der Waals surface area contributed by atoms with E-state index in [1.54, 1.807) is 0 Å². The molecule has 0 radical (unpaired) electrons. The molecule has 0 amide bonds. The summed E-state index contributed by atoms with van der Waals surface area (Å²) in [5.74, 6) is 1.58. The van der Waals surface area contributed by atoms with Gasteiger partial charge >= 0.3 is 0 Å². The molecule has 0 N–H and O–H groups in total. The zero-order chi connectivity index (χ0) is 18.7. The lowest BCUT2D eigenvalue weighted by Crippen LogP contribution is -2.26. The lowest BCUT2D eigenvalue weighted by molar-refractivity contribution is 0.240. The van der Waals surface area contributed by atoms with Crippen LogP contribution in [0.15, 0.2) is 18.6 Å². The quantitative estimate of drug-likeness (QED) is 0.786. The fourth-order valence-corrected chi connectivity index (χ4v) is 3.48. The van der Waals surface area contributed by atoms with Crippen LogP contribution >= 0.6 is 0 Å². The molecule has 1 aliphatic heterocycles. The van der Waals surface area contributed by atoms with Crippen molar-refractivity contribution in [1.29, 1.82) is 0 Å². The molecule has 3 rings (SSSR count). The van der Waals surface area contributed by atoms with Crippen LogP contribution in [0.1, 0.15) is 41.5 Å². The molecule has 1 aliphatic rings. The van der Waals surface area contributed by atoms with E-state index in [4.69, 9.17) is 4.98 Å². The molecule has 0 saturated carbocycles. The number of hydrogen-bond donors (Lipinski definition) is 0. The molecule has 1 saturated heterocycles. The number of aryl methyl sites for hydroxylation is 1. The molecular weight excluding hydrogens is 326 g/mol. The van der Waals surface area contributed by atoms with Crippen LogP contribution in [0.4, 0.5) is 5.95 Å². The first-order valence-electron chi connectivity index (χ1n) is 9.13. The number of aromatic nitrogens is 4. The maximum absolute atomic E-state index is 4.82. The molecule has 1 unspecified atom stereocenters. The number of anilines is 1. The first-order chi connectivity index (χ1) is 12.4. The third-order valence-corrected chi connectivity index (χ3v) is 4.66. The second kappa shape index (κ2) is 8.05. The zero-order valence-corrected chi connectivity index (χ0v) is 16.5. The van der Waals surface area contributed by atoms with Crippen molar-refractivity contribution in [3.05, 3.63) is 41.2 Å². The van der Waals surface area contributed by atoms with Crippen molar-refractivity contribution < 1.29 is 0 Å². The summed E-state index contributed by atoms with van der Waals surface area (Å²) in [6, 6.07) is 0.333. The van der Waals surface area contributed by atoms with Crippen molar-refractivity contribution in [2.75, 3.05) is 39.6 Å². The standard InChI is InChI=1S/C19H29N7/c1-14-20-11-16(13-24(2)3)18(23-14)17-7-6-8-26(17)12-15-9-21-19(22-10-15)25(4)5/h9-11,17H,6-8,12-13H2,1-5H3. The Morgan fingerprint density at radius 1 is 1.08 bits per heavy atom. The second-order valence-corrected chi connectivity index (χ2v) is 7.48. The molecule has 7 nitrogen and oxygen atoms in total. The van der Waals surface area contributed by atoms with E-state index in [2.05, 4.69) is 38.8 Å². The minimum absolute atomic E-state index is 0.333. The fraction of sp³-hybridized carbons (Fsp3) is 0.579. The Morgan fingerprint density at radius 2 is 1.81 bits per heavy atom. The van der Waals surface area contributed by atoms with Gasteiger partial charge in [0.2, 0.25) is 5.95 Å². The summed E-state index contributed by atoms with van der Waals surface area (Å²) in [6.45, 7) is 4.75. The Bertz CT molecular complexity index is 727. The smallest absolute Gasteiger partial charge is 0.224 e. The molecule has 0 bridgehead atoms. The third-order valence-electron chi connectivity index (χ3n) is 4.66. The highest BCUT2D eigenvalue weighted by Gasteiger charge is 2.29. The van der Waals surface area contributed by atoms with Crippen LogP contribution in [0.2, 0.25) is 0 Å². The van der Waals surface area contributed by atoms with Crippen LogP contribution in [0.5, 0.6) is 0 Å². The predicted octanol–water partition coefficient (Wildman–Crippen LogP) is 2.04. The van der Waals surface area contributed by atoms with E-state index >= 15 is 0 Å². The molecule has 0 spiro atoms. The van der Waals surface area contributed by atoms with Crippen molar-refractivity contribution in [3.8, 4) is 0 Å². The molecule has 3 heterocycles. The number of likely N-dealkylation sites (tertiary alicyclic amines) is 1. The van der Waals surface area contributed by atoms with Crippen molar-refractivity contribution >= 4 is 5.95 Å². The summed E-state index contributed by atoms with van der Waals surface area (Å²) in [7, 11) is 8.07. The summed E-state index contributed by atoms with van der Waals surface area (Å²) in [5.41, 5.74) is 3.54. The van der Waals surface area contributed by atoms with Crippen LogP contribution in [0, 0.1) is 6.92 Å². The molecule has 140 valence electrons. The number of nitrogens with zero attached hydrogens (tertiary/aromatic N) is 7. The van der Waals surface area contributed by atoms with Gasteiger partial charge in [0.15, 0.2) is 0 Å². The molecule has 0 aliphatic carbocycles. The monoisotopic (exact) mass is 355 g/mol. The maximum Gasteiger partial charge on any atom is 0.224 e. The average Bonchev–Trinajstić information content (AvgIpc) is 3.04. The van der Waals surface area contributed by atoms with Gasteiger partial charge in [-0.15, -0.1) is 0 Å². The van der Waals surface area contributed by atoms with Crippen molar-refractivity contribution in [3.63, 3.8) is 0 Å². The van der Waals surface area contributed by atoms with Gasteiger partial charge in [-0.3, -0.25) is 4.90 Å². The molecule has 1 atom stereocenters. The largest absolute Gasteiger partial charge is 0.347 e. The van der Waals surface area contributed by atoms with Crippen molar-refractivity contribution in [2.45, 2.75) is 38.9 Å². The van der Waals surface area contributed by atoms with E-state index < -0.39 is 0 Å². The first-order valence-corrected chi connectivity index (χ1v) is 9.13. The zero-order valence-electron chi connectivity index (χ0n) is 16.5. The van der Waals surface area contributed by atoms with E-state index in [0.29, 0.717) is 6.04 Å². The van der Waals surface area contributed by atoms with E-state index in [-0.39, 0.29) is 0 Å². The normalized spacial score (nSPS) is 17.8. The second-order valence-electron chi connectivity index (χ2n) is 7.48. The average molecular weight is 355 g/mol. The Morgan fingerprint density at radius 3 is 2.46 bits per heavy atom. The van der Waals surface area contributed by atoms with Gasteiger partial charge in [-0.1, -0.05) is 0 Å². The molecular formula is C19H29N7. The number of rotatable bonds is 6. The van der Waals surface area contributed by atoms with Crippen molar-refractivity contribution in [2.24, 2.45) is 0 Å². The highest BCUT2D eigenvalue weighted by molar-refractivity contribution is 5.27. The summed E-state index contributed by atoms with van der Waals surface area (Å²) in [6.07, 6.45) is 8.18. The topological polar surface area (TPSA) is 61.3 Å². The van der Waals surface area contributed by atoms with Crippen LogP contribution in [-0.4, -0.2) is 64.5 Å². The van der Waals surface area contributed by atoms with Gasteiger partial charge in [-0.2, -0.15) is 0 Å². The summed E-state index contributed by atoms with van der Waals surface area (Å²) in [5, 5.41) is 0. The van der Waals surface area contributed by atoms with Gasteiger partial charge in [0.1, 0.15) is 5.82 Å². The Balaban J connectivity index is 1.81. The van der Waals surface area contributed by atoms with E-state index in [1.807, 2.05) is 44.5 Å². The van der Waals surface area contributed by atoms with Crippen LogP contribution in [0.3, 0.4) is 0 Å². The molecule has 26 heavy (non-hydrogen) atoms. The van der Waals surface area contributed by atoms with Gasteiger partial charge in [0.05, 0.1) is 11.7 Å². The van der Waals surface area contributed by atoms with Gasteiger partial charge in [0, 0.05) is 56.9 Å². The summed E-state index contributed by atoms with van der Waals surface area (Å²) < 4.78 is 0. The highest BCUT2D eigenvalue weighted by atomic mass is 15.2. The number of hydrogen-bond acceptors (Lipinski definition) is 7. The molecule has 7 heteroatoms. The Kier molecular flexibility index (Phi) is 5.78. The fourth-order valence-electron chi connectivity index (χ4n) is 3.48. The summed E-state index contributed by atoms with van der Waals surface area (Å²) in [4.78, 5) is 24.7. The molecule has 2 aromatic heterocycles. The first kappa shape index (κ1) is 18.7. The van der Waals surface area contributed by atoms with Crippen LogP contribution in [0.25, 0.3) is 0 Å². The van der Waals surface area contributed by atoms with Gasteiger partial charge < -0.3 is 9.80 Å². The SMILES string of the molecule is Cc1ncc(CN(C)C)c(C2CCCN2Cc2cnc(N(C)C)nc2)n1. The van der Waals surface area contributed by atoms with E-state index in [0.717, 1.165) is 43.4 Å². The van der Waals surface area contributed by atoms with Gasteiger partial charge in [-0.05, 0) is 40.4 Å². The minimum Gasteiger partial charge on any atom is -0.347 e. The molecule has 1 fully saturated rings. The lowest BCUT2D eigenvalue weighted by atomic mass is 10.1. The summed E-state index contributed by atoms with van der Waals surface area (Å²) >= 11 is 0. The third kappa shape index (κ3) is 4.34. The van der Waals surface area contributed by atoms with Gasteiger partial charge in [-0.25, -0.2) is 19.9 Å².